The molecule has 1 aromatic heterocycles. The van der Waals surface area contributed by atoms with Gasteiger partial charge in [-0.05, 0) is 47.0 Å². The van der Waals surface area contributed by atoms with Crippen LogP contribution in [0.1, 0.15) is 31.8 Å². The second kappa shape index (κ2) is 4.52. The maximum atomic E-state index is 12.6. The van der Waals surface area contributed by atoms with E-state index in [1.165, 1.54) is 4.90 Å². The summed E-state index contributed by atoms with van der Waals surface area (Å²) in [5, 5.41) is 0. The van der Waals surface area contributed by atoms with Gasteiger partial charge in [0.2, 0.25) is 0 Å². The summed E-state index contributed by atoms with van der Waals surface area (Å²) in [6, 6.07) is 5.38. The maximum absolute atomic E-state index is 12.6. The molecule has 5 heteroatoms. The van der Waals surface area contributed by atoms with Crippen molar-refractivity contribution in [1.29, 1.82) is 0 Å². The van der Waals surface area contributed by atoms with Gasteiger partial charge in [0, 0.05) is 12.4 Å². The minimum absolute atomic E-state index is 0.280. The van der Waals surface area contributed by atoms with Gasteiger partial charge < -0.3 is 0 Å². The Kier molecular flexibility index (Phi) is 2.94. The van der Waals surface area contributed by atoms with Crippen LogP contribution in [0.4, 0.5) is 5.69 Å². The van der Waals surface area contributed by atoms with E-state index in [1.54, 1.807) is 18.5 Å². The molecule has 0 aliphatic carbocycles. The molecule has 1 aliphatic heterocycles. The topological polar surface area (TPSA) is 50.3 Å². The highest BCUT2D eigenvalue weighted by Crippen LogP contribution is 2.35. The molecule has 0 N–H and O–H groups in total. The van der Waals surface area contributed by atoms with Gasteiger partial charge in [-0.15, -0.1) is 0 Å². The molecular weight excluding hydrogens is 320 g/mol. The second-order valence-corrected chi connectivity index (χ2v) is 5.58. The number of carbonyl (C=O) groups excluding carboxylic acids is 2. The molecule has 20 heavy (non-hydrogen) atoms. The summed E-state index contributed by atoms with van der Waals surface area (Å²) >= 11 is 3.33. The molecule has 2 heterocycles. The van der Waals surface area contributed by atoms with Gasteiger partial charge in [0.25, 0.3) is 11.8 Å². The predicted molar refractivity (Wildman–Crippen MR) is 79.0 cm³/mol. The molecule has 2 aromatic rings. The van der Waals surface area contributed by atoms with Crippen molar-refractivity contribution in [3.05, 3.63) is 57.3 Å². The monoisotopic (exact) mass is 330 g/mol. The first-order chi connectivity index (χ1) is 9.52. The van der Waals surface area contributed by atoms with E-state index in [0.29, 0.717) is 21.3 Å². The molecular formula is C15H11BrN2O2. The van der Waals surface area contributed by atoms with Crippen LogP contribution in [0.2, 0.25) is 0 Å². The molecule has 0 spiro atoms. The number of hydrogen-bond donors (Lipinski definition) is 0. The Hall–Kier alpha value is -2.01. The van der Waals surface area contributed by atoms with Crippen molar-refractivity contribution in [2.24, 2.45) is 0 Å². The van der Waals surface area contributed by atoms with Crippen LogP contribution in [0.25, 0.3) is 0 Å². The number of nitrogens with zero attached hydrogens (tertiary/aromatic N) is 2. The van der Waals surface area contributed by atoms with E-state index in [2.05, 4.69) is 20.9 Å². The minimum atomic E-state index is -0.280. The average Bonchev–Trinajstić information content (AvgIpc) is 2.68. The summed E-state index contributed by atoms with van der Waals surface area (Å²) in [6.45, 7) is 3.68. The zero-order valence-electron chi connectivity index (χ0n) is 11.0. The summed E-state index contributed by atoms with van der Waals surface area (Å²) in [7, 11) is 0. The van der Waals surface area contributed by atoms with Gasteiger partial charge in [-0.25, -0.2) is 4.90 Å². The number of rotatable bonds is 1. The predicted octanol–water partition coefficient (Wildman–Crippen LogP) is 3.26. The number of benzene rings is 1. The van der Waals surface area contributed by atoms with Crippen LogP contribution < -0.4 is 4.90 Å². The highest BCUT2D eigenvalue weighted by Gasteiger charge is 2.39. The average molecular weight is 331 g/mol. The van der Waals surface area contributed by atoms with Crippen molar-refractivity contribution in [2.45, 2.75) is 13.8 Å². The molecule has 0 atom stereocenters. The Balaban J connectivity index is 2.23. The Morgan fingerprint density at radius 2 is 1.55 bits per heavy atom. The normalized spacial score (nSPS) is 13.8. The summed E-state index contributed by atoms with van der Waals surface area (Å²) in [4.78, 5) is 30.4. The lowest BCUT2D eigenvalue weighted by Crippen LogP contribution is -2.30. The molecule has 0 unspecified atom stereocenters. The van der Waals surface area contributed by atoms with Gasteiger partial charge in [0.1, 0.15) is 0 Å². The van der Waals surface area contributed by atoms with Crippen LogP contribution in [0, 0.1) is 13.8 Å². The molecule has 0 saturated carbocycles. The van der Waals surface area contributed by atoms with E-state index in [4.69, 9.17) is 0 Å². The molecule has 0 saturated heterocycles. The zero-order valence-corrected chi connectivity index (χ0v) is 12.6. The van der Waals surface area contributed by atoms with Crippen LogP contribution in [0.5, 0.6) is 0 Å². The lowest BCUT2D eigenvalue weighted by molar-refractivity contribution is 0.0925. The van der Waals surface area contributed by atoms with Crippen molar-refractivity contribution in [3.8, 4) is 0 Å². The zero-order chi connectivity index (χ0) is 14.4. The number of aromatic nitrogens is 1. The quantitative estimate of drug-likeness (QED) is 0.754. The Labute approximate surface area is 124 Å². The lowest BCUT2D eigenvalue weighted by atomic mass is 9.99. The van der Waals surface area contributed by atoms with Crippen molar-refractivity contribution in [1.82, 2.24) is 4.98 Å². The Morgan fingerprint density at radius 3 is 2.05 bits per heavy atom. The van der Waals surface area contributed by atoms with Crippen molar-refractivity contribution in [2.75, 3.05) is 4.90 Å². The third-order valence-corrected chi connectivity index (χ3v) is 4.06. The van der Waals surface area contributed by atoms with Crippen LogP contribution in [0.3, 0.4) is 0 Å². The van der Waals surface area contributed by atoms with Crippen LogP contribution in [0.15, 0.2) is 35.1 Å². The Morgan fingerprint density at radius 1 is 1.00 bits per heavy atom. The number of imide groups is 1. The van der Waals surface area contributed by atoms with Crippen molar-refractivity contribution >= 4 is 33.4 Å². The fourth-order valence-corrected chi connectivity index (χ4v) is 2.87. The number of amides is 2. The number of halogens is 1. The van der Waals surface area contributed by atoms with E-state index in [9.17, 15) is 9.59 Å². The van der Waals surface area contributed by atoms with Crippen LogP contribution in [-0.4, -0.2) is 16.8 Å². The molecule has 0 radical (unpaired) electrons. The number of hydrogen-bond acceptors (Lipinski definition) is 3. The SMILES string of the molecule is Cc1ccc(C)c2c1C(=O)N(c1ccncc1Br)C2=O. The largest absolute Gasteiger partial charge is 0.268 e. The smallest absolute Gasteiger partial charge is 0.266 e. The minimum Gasteiger partial charge on any atom is -0.268 e. The number of fused-ring (bicyclic) bond motifs is 1. The highest BCUT2D eigenvalue weighted by atomic mass is 79.9. The van der Waals surface area contributed by atoms with Gasteiger partial charge in [0.05, 0.1) is 21.3 Å². The van der Waals surface area contributed by atoms with Gasteiger partial charge in [-0.1, -0.05) is 12.1 Å². The molecule has 2 amide bonds. The highest BCUT2D eigenvalue weighted by molar-refractivity contribution is 9.10. The second-order valence-electron chi connectivity index (χ2n) is 4.72. The third kappa shape index (κ3) is 1.70. The summed E-state index contributed by atoms with van der Waals surface area (Å²) in [5.41, 5.74) is 3.15. The molecule has 3 rings (SSSR count). The van der Waals surface area contributed by atoms with Crippen molar-refractivity contribution in [3.63, 3.8) is 0 Å². The maximum Gasteiger partial charge on any atom is 0.266 e. The molecule has 100 valence electrons. The molecule has 1 aliphatic rings. The van der Waals surface area contributed by atoms with E-state index < -0.39 is 0 Å². The number of anilines is 1. The van der Waals surface area contributed by atoms with Gasteiger partial charge in [-0.2, -0.15) is 0 Å². The van der Waals surface area contributed by atoms with Gasteiger partial charge >= 0.3 is 0 Å². The van der Waals surface area contributed by atoms with Gasteiger partial charge in [-0.3, -0.25) is 14.6 Å². The van der Waals surface area contributed by atoms with Crippen molar-refractivity contribution < 1.29 is 9.59 Å². The Bertz CT molecular complexity index is 715. The van der Waals surface area contributed by atoms with Gasteiger partial charge in [0.15, 0.2) is 0 Å². The summed E-state index contributed by atoms with van der Waals surface area (Å²) in [5.74, 6) is -0.559. The first kappa shape index (κ1) is 13.0. The third-order valence-electron chi connectivity index (χ3n) is 3.45. The summed E-state index contributed by atoms with van der Waals surface area (Å²) < 4.78 is 0.616. The molecule has 0 bridgehead atoms. The standard InChI is InChI=1S/C15H11BrN2O2/c1-8-3-4-9(2)13-12(8)14(19)18(15(13)20)11-5-6-17-7-10(11)16/h3-7H,1-2H3. The van der Waals surface area contributed by atoms with Crippen LogP contribution >= 0.6 is 15.9 Å². The summed E-state index contributed by atoms with van der Waals surface area (Å²) in [6.07, 6.45) is 3.13. The fraction of sp³-hybridized carbons (Fsp3) is 0.133. The van der Waals surface area contributed by atoms with E-state index in [-0.39, 0.29) is 11.8 Å². The molecule has 1 aromatic carbocycles. The van der Waals surface area contributed by atoms with E-state index in [1.807, 2.05) is 26.0 Å². The van der Waals surface area contributed by atoms with E-state index in [0.717, 1.165) is 11.1 Å². The molecule has 0 fully saturated rings. The first-order valence-electron chi connectivity index (χ1n) is 6.11. The lowest BCUT2D eigenvalue weighted by Gasteiger charge is -2.15. The number of aryl methyl sites for hydroxylation is 2. The first-order valence-corrected chi connectivity index (χ1v) is 6.90. The van der Waals surface area contributed by atoms with Crippen LogP contribution in [-0.2, 0) is 0 Å². The van der Waals surface area contributed by atoms with E-state index >= 15 is 0 Å². The number of pyridine rings is 1. The number of carbonyl (C=O) groups is 2. The fourth-order valence-electron chi connectivity index (χ4n) is 2.45. The molecule has 4 nitrogen and oxygen atoms in total.